The second-order valence-electron chi connectivity index (χ2n) is 6.25. The molecule has 6 nitrogen and oxygen atoms in total. The minimum absolute atomic E-state index is 0.124. The fraction of sp³-hybridized carbons (Fsp3) is 0.200. The molecule has 0 saturated carbocycles. The van der Waals surface area contributed by atoms with Gasteiger partial charge in [0.25, 0.3) is 0 Å². The third kappa shape index (κ3) is 3.01. The van der Waals surface area contributed by atoms with Crippen molar-refractivity contribution >= 4 is 11.7 Å². The summed E-state index contributed by atoms with van der Waals surface area (Å²) < 4.78 is 25.7. The van der Waals surface area contributed by atoms with E-state index in [0.29, 0.717) is 23.0 Å². The van der Waals surface area contributed by atoms with Crippen LogP contribution in [0.3, 0.4) is 0 Å². The summed E-state index contributed by atoms with van der Waals surface area (Å²) in [4.78, 5) is 12.4. The number of methoxy groups -OCH3 is 2. The van der Waals surface area contributed by atoms with E-state index in [-0.39, 0.29) is 24.1 Å². The van der Waals surface area contributed by atoms with Crippen molar-refractivity contribution in [1.82, 2.24) is 9.78 Å². The van der Waals surface area contributed by atoms with Gasteiger partial charge < -0.3 is 14.8 Å². The lowest BCUT2D eigenvalue weighted by atomic mass is 9.86. The minimum atomic E-state index is -0.331. The monoisotopic (exact) mass is 367 g/mol. The molecule has 0 aliphatic carbocycles. The van der Waals surface area contributed by atoms with Crippen molar-refractivity contribution < 1.29 is 18.7 Å². The van der Waals surface area contributed by atoms with E-state index in [1.807, 2.05) is 18.2 Å². The number of halogens is 1. The van der Waals surface area contributed by atoms with Crippen molar-refractivity contribution in [2.45, 2.75) is 12.3 Å². The fourth-order valence-corrected chi connectivity index (χ4v) is 3.39. The third-order valence-corrected chi connectivity index (χ3v) is 4.70. The summed E-state index contributed by atoms with van der Waals surface area (Å²) >= 11 is 0. The van der Waals surface area contributed by atoms with E-state index >= 15 is 0 Å². The maximum Gasteiger partial charge on any atom is 0.226 e. The normalized spacial score (nSPS) is 15.8. The molecule has 0 saturated heterocycles. The molecule has 2 heterocycles. The molecule has 0 fully saturated rings. The van der Waals surface area contributed by atoms with Crippen LogP contribution in [0.1, 0.15) is 23.5 Å². The van der Waals surface area contributed by atoms with Crippen molar-refractivity contribution in [3.05, 3.63) is 65.6 Å². The average Bonchev–Trinajstić information content (AvgIpc) is 3.11. The highest BCUT2D eigenvalue weighted by Gasteiger charge is 2.32. The van der Waals surface area contributed by atoms with Crippen LogP contribution >= 0.6 is 0 Å². The molecule has 0 radical (unpaired) electrons. The van der Waals surface area contributed by atoms with Gasteiger partial charge in [-0.25, -0.2) is 9.07 Å². The number of amides is 1. The van der Waals surface area contributed by atoms with Gasteiger partial charge in [-0.2, -0.15) is 5.10 Å². The lowest BCUT2D eigenvalue weighted by Crippen LogP contribution is -2.24. The van der Waals surface area contributed by atoms with Crippen molar-refractivity contribution in [3.63, 3.8) is 0 Å². The Labute approximate surface area is 155 Å². The van der Waals surface area contributed by atoms with Crippen LogP contribution in [0, 0.1) is 5.82 Å². The fourth-order valence-electron chi connectivity index (χ4n) is 3.39. The number of carbonyl (C=O) groups excluding carboxylic acids is 1. The Hall–Kier alpha value is -3.35. The van der Waals surface area contributed by atoms with E-state index in [1.165, 1.54) is 12.1 Å². The summed E-state index contributed by atoms with van der Waals surface area (Å²) in [5, 5.41) is 7.30. The van der Waals surface area contributed by atoms with E-state index in [2.05, 4.69) is 10.4 Å². The van der Waals surface area contributed by atoms with Gasteiger partial charge in [-0.3, -0.25) is 4.79 Å². The second kappa shape index (κ2) is 6.75. The van der Waals surface area contributed by atoms with E-state index in [4.69, 9.17) is 9.47 Å². The average molecular weight is 367 g/mol. The number of nitrogens with zero attached hydrogens (tertiary/aromatic N) is 2. The van der Waals surface area contributed by atoms with E-state index in [1.54, 1.807) is 37.2 Å². The maximum absolute atomic E-state index is 13.2. The van der Waals surface area contributed by atoms with E-state index in [9.17, 15) is 9.18 Å². The van der Waals surface area contributed by atoms with Crippen molar-refractivity contribution in [1.29, 1.82) is 0 Å². The van der Waals surface area contributed by atoms with Gasteiger partial charge in [0.05, 0.1) is 26.1 Å². The highest BCUT2D eigenvalue weighted by molar-refractivity contribution is 5.94. The summed E-state index contributed by atoms with van der Waals surface area (Å²) in [7, 11) is 3.19. The highest BCUT2D eigenvalue weighted by atomic mass is 19.1. The molecular formula is C20H18FN3O3. The number of benzene rings is 2. The van der Waals surface area contributed by atoms with Crippen molar-refractivity contribution in [3.8, 4) is 17.2 Å². The largest absolute Gasteiger partial charge is 0.497 e. The predicted octanol–water partition coefficient (Wildman–Crippen LogP) is 3.50. The molecular weight excluding hydrogens is 349 g/mol. The zero-order valence-electron chi connectivity index (χ0n) is 14.9. The molecule has 1 N–H and O–H groups in total. The first kappa shape index (κ1) is 17.1. The van der Waals surface area contributed by atoms with Crippen LogP contribution in [0.2, 0.25) is 0 Å². The quantitative estimate of drug-likeness (QED) is 0.766. The second-order valence-corrected chi connectivity index (χ2v) is 6.25. The van der Waals surface area contributed by atoms with Crippen LogP contribution in [0.5, 0.6) is 11.5 Å². The van der Waals surface area contributed by atoms with Crippen LogP contribution in [-0.2, 0) is 4.79 Å². The van der Waals surface area contributed by atoms with Crippen LogP contribution in [0.15, 0.2) is 48.7 Å². The molecule has 1 amide bonds. The Bertz CT molecular complexity index is 998. The van der Waals surface area contributed by atoms with Gasteiger partial charge in [-0.1, -0.05) is 0 Å². The predicted molar refractivity (Wildman–Crippen MR) is 98.2 cm³/mol. The zero-order chi connectivity index (χ0) is 19.0. The summed E-state index contributed by atoms with van der Waals surface area (Å²) in [6.07, 6.45) is 1.99. The number of aromatic nitrogens is 2. The van der Waals surface area contributed by atoms with Gasteiger partial charge in [0, 0.05) is 23.5 Å². The molecule has 2 aromatic carbocycles. The number of ether oxygens (including phenoxy) is 2. The van der Waals surface area contributed by atoms with Crippen LogP contribution in [0.4, 0.5) is 10.2 Å². The Kier molecular flexibility index (Phi) is 4.27. The lowest BCUT2D eigenvalue weighted by Gasteiger charge is -2.25. The zero-order valence-corrected chi connectivity index (χ0v) is 14.9. The number of rotatable bonds is 4. The summed E-state index contributed by atoms with van der Waals surface area (Å²) in [6, 6.07) is 11.5. The van der Waals surface area contributed by atoms with Gasteiger partial charge in [0.15, 0.2) is 0 Å². The minimum Gasteiger partial charge on any atom is -0.497 e. The third-order valence-electron chi connectivity index (χ3n) is 4.70. The smallest absolute Gasteiger partial charge is 0.226 e. The Morgan fingerprint density at radius 3 is 2.59 bits per heavy atom. The molecule has 1 unspecified atom stereocenters. The standard InChI is InChI=1S/C20H18FN3O3/c1-26-14-7-8-18(27-2)16(9-14)15-10-19(25)23-20-17(15)11-22-24(20)13-5-3-12(21)4-6-13/h3-9,11,15H,10H2,1-2H3,(H,23,25). The molecule has 1 aromatic heterocycles. The first-order valence-corrected chi connectivity index (χ1v) is 8.46. The van der Waals surface area contributed by atoms with Crippen LogP contribution in [0.25, 0.3) is 5.69 Å². The van der Waals surface area contributed by atoms with Gasteiger partial charge in [0.1, 0.15) is 23.1 Å². The molecule has 0 spiro atoms. The van der Waals surface area contributed by atoms with Crippen LogP contribution < -0.4 is 14.8 Å². The highest BCUT2D eigenvalue weighted by Crippen LogP contribution is 2.42. The van der Waals surface area contributed by atoms with E-state index in [0.717, 1.165) is 11.1 Å². The van der Waals surface area contributed by atoms with Crippen molar-refractivity contribution in [2.24, 2.45) is 0 Å². The first-order chi connectivity index (χ1) is 13.1. The number of fused-ring (bicyclic) bond motifs is 1. The topological polar surface area (TPSA) is 65.4 Å². The van der Waals surface area contributed by atoms with Gasteiger partial charge in [-0.15, -0.1) is 0 Å². The molecule has 1 aliphatic rings. The Balaban J connectivity index is 1.83. The molecule has 138 valence electrons. The number of nitrogens with one attached hydrogen (secondary N) is 1. The number of hydrogen-bond acceptors (Lipinski definition) is 4. The number of anilines is 1. The van der Waals surface area contributed by atoms with Crippen LogP contribution in [-0.4, -0.2) is 29.9 Å². The Morgan fingerprint density at radius 2 is 1.89 bits per heavy atom. The summed E-state index contributed by atoms with van der Waals surface area (Å²) in [5.74, 6) is 1.25. The Morgan fingerprint density at radius 1 is 1.11 bits per heavy atom. The molecule has 1 atom stereocenters. The number of hydrogen-bond donors (Lipinski definition) is 1. The molecule has 4 rings (SSSR count). The summed E-state index contributed by atoms with van der Waals surface area (Å²) in [5.41, 5.74) is 2.38. The molecule has 7 heteroatoms. The molecule has 27 heavy (non-hydrogen) atoms. The lowest BCUT2D eigenvalue weighted by molar-refractivity contribution is -0.116. The first-order valence-electron chi connectivity index (χ1n) is 8.46. The van der Waals surface area contributed by atoms with Crippen molar-refractivity contribution in [2.75, 3.05) is 19.5 Å². The molecule has 1 aliphatic heterocycles. The SMILES string of the molecule is COc1ccc(OC)c(C2CC(=O)Nc3c2cnn3-c2ccc(F)cc2)c1. The number of carbonyl (C=O) groups is 1. The molecule has 0 bridgehead atoms. The van der Waals surface area contributed by atoms with Gasteiger partial charge in [-0.05, 0) is 42.5 Å². The van der Waals surface area contributed by atoms with Gasteiger partial charge >= 0.3 is 0 Å². The summed E-state index contributed by atoms with van der Waals surface area (Å²) in [6.45, 7) is 0. The maximum atomic E-state index is 13.2. The van der Waals surface area contributed by atoms with E-state index < -0.39 is 0 Å². The van der Waals surface area contributed by atoms with Gasteiger partial charge in [0.2, 0.25) is 5.91 Å². The molecule has 3 aromatic rings.